The first kappa shape index (κ1) is 24.0. The zero-order valence-electron chi connectivity index (χ0n) is 18.3. The fraction of sp³-hybridized carbons (Fsp3) is 0.280. The molecular formula is C25H23ClF3N3O2. The topological polar surface area (TPSA) is 45.6 Å². The number of rotatable bonds is 5. The minimum Gasteiger partial charge on any atom is -0.336 e. The number of piperazine rings is 1. The molecule has 1 amide bonds. The van der Waals surface area contributed by atoms with Crippen LogP contribution >= 0.6 is 11.6 Å². The van der Waals surface area contributed by atoms with Gasteiger partial charge in [0.25, 0.3) is 11.5 Å². The van der Waals surface area contributed by atoms with Crippen molar-refractivity contribution in [2.24, 2.45) is 0 Å². The molecular weight excluding hydrogens is 467 g/mol. The monoisotopic (exact) mass is 489 g/mol. The van der Waals surface area contributed by atoms with Crippen LogP contribution in [0.5, 0.6) is 0 Å². The van der Waals surface area contributed by atoms with Gasteiger partial charge in [0.2, 0.25) is 0 Å². The lowest BCUT2D eigenvalue weighted by molar-refractivity contribution is -0.137. The smallest absolute Gasteiger partial charge is 0.336 e. The molecule has 2 aromatic carbocycles. The first-order valence-corrected chi connectivity index (χ1v) is 11.2. The molecule has 9 heteroatoms. The summed E-state index contributed by atoms with van der Waals surface area (Å²) >= 11 is 6.20. The first-order chi connectivity index (χ1) is 16.2. The number of carbonyl (C=O) groups excluding carboxylic acids is 1. The van der Waals surface area contributed by atoms with E-state index in [2.05, 4.69) is 4.90 Å². The van der Waals surface area contributed by atoms with E-state index in [0.29, 0.717) is 43.3 Å². The van der Waals surface area contributed by atoms with Gasteiger partial charge in [-0.3, -0.25) is 14.5 Å². The molecule has 34 heavy (non-hydrogen) atoms. The molecule has 3 aromatic rings. The molecule has 0 radical (unpaired) electrons. The number of halogens is 4. The van der Waals surface area contributed by atoms with Crippen LogP contribution in [-0.2, 0) is 19.3 Å². The summed E-state index contributed by atoms with van der Waals surface area (Å²) in [5.74, 6) is -0.165. The van der Waals surface area contributed by atoms with Crippen molar-refractivity contribution in [3.05, 3.63) is 104 Å². The molecule has 1 aromatic heterocycles. The fourth-order valence-electron chi connectivity index (χ4n) is 3.94. The molecule has 0 unspecified atom stereocenters. The maximum absolute atomic E-state index is 13.0. The molecule has 0 N–H and O–H groups in total. The number of hydrogen-bond donors (Lipinski definition) is 0. The Kier molecular flexibility index (Phi) is 7.09. The Morgan fingerprint density at radius 1 is 0.882 bits per heavy atom. The zero-order valence-corrected chi connectivity index (χ0v) is 19.0. The van der Waals surface area contributed by atoms with Crippen molar-refractivity contribution in [1.82, 2.24) is 14.4 Å². The summed E-state index contributed by atoms with van der Waals surface area (Å²) in [5.41, 5.74) is 1.11. The number of pyridine rings is 1. The van der Waals surface area contributed by atoms with E-state index in [1.54, 1.807) is 17.2 Å². The highest BCUT2D eigenvalue weighted by Gasteiger charge is 2.30. The van der Waals surface area contributed by atoms with Gasteiger partial charge in [-0.05, 0) is 35.4 Å². The van der Waals surface area contributed by atoms with Gasteiger partial charge in [0, 0.05) is 50.0 Å². The average molecular weight is 490 g/mol. The SMILES string of the molecule is O=C(c1ccc(=O)n(Cc2ccccc2Cl)c1)N1CCN(Cc2ccc(C(F)(F)F)cc2)CC1. The predicted molar refractivity (Wildman–Crippen MR) is 124 cm³/mol. The van der Waals surface area contributed by atoms with Crippen molar-refractivity contribution < 1.29 is 18.0 Å². The molecule has 2 heterocycles. The molecule has 0 aliphatic carbocycles. The largest absolute Gasteiger partial charge is 0.416 e. The van der Waals surface area contributed by atoms with Crippen LogP contribution in [0.3, 0.4) is 0 Å². The van der Waals surface area contributed by atoms with Crippen LogP contribution in [0.25, 0.3) is 0 Å². The number of alkyl halides is 3. The maximum Gasteiger partial charge on any atom is 0.416 e. The van der Waals surface area contributed by atoms with E-state index in [-0.39, 0.29) is 18.0 Å². The Hall–Kier alpha value is -3.10. The third-order valence-corrected chi connectivity index (χ3v) is 6.24. The summed E-state index contributed by atoms with van der Waals surface area (Å²) < 4.78 is 39.7. The molecule has 178 valence electrons. The molecule has 0 saturated carbocycles. The molecule has 1 fully saturated rings. The van der Waals surface area contributed by atoms with Gasteiger partial charge < -0.3 is 9.47 Å². The molecule has 0 atom stereocenters. The van der Waals surface area contributed by atoms with Gasteiger partial charge in [-0.25, -0.2) is 0 Å². The normalized spacial score (nSPS) is 14.9. The van der Waals surface area contributed by atoms with E-state index >= 15 is 0 Å². The summed E-state index contributed by atoms with van der Waals surface area (Å²) in [6.45, 7) is 2.97. The van der Waals surface area contributed by atoms with Crippen LogP contribution in [0, 0.1) is 0 Å². The van der Waals surface area contributed by atoms with E-state index in [1.165, 1.54) is 28.8 Å². The minimum absolute atomic E-state index is 0.165. The van der Waals surface area contributed by atoms with Crippen LogP contribution in [0.15, 0.2) is 71.7 Å². The summed E-state index contributed by atoms with van der Waals surface area (Å²) in [6, 6.07) is 15.3. The number of carbonyl (C=O) groups is 1. The summed E-state index contributed by atoms with van der Waals surface area (Å²) in [7, 11) is 0. The Morgan fingerprint density at radius 2 is 1.56 bits per heavy atom. The predicted octanol–water partition coefficient (Wildman–Crippen LogP) is 4.53. The lowest BCUT2D eigenvalue weighted by Gasteiger charge is -2.34. The molecule has 4 rings (SSSR count). The highest BCUT2D eigenvalue weighted by atomic mass is 35.5. The highest BCUT2D eigenvalue weighted by Crippen LogP contribution is 2.29. The van der Waals surface area contributed by atoms with Gasteiger partial charge in [0.15, 0.2) is 0 Å². The molecule has 1 aliphatic rings. The molecule has 1 saturated heterocycles. The molecule has 5 nitrogen and oxygen atoms in total. The lowest BCUT2D eigenvalue weighted by Crippen LogP contribution is -2.48. The van der Waals surface area contributed by atoms with Crippen molar-refractivity contribution in [3.63, 3.8) is 0 Å². The Bertz CT molecular complexity index is 1220. The van der Waals surface area contributed by atoms with Crippen LogP contribution in [0.1, 0.15) is 27.0 Å². The zero-order chi connectivity index (χ0) is 24.3. The number of nitrogens with zero attached hydrogens (tertiary/aromatic N) is 3. The number of aromatic nitrogens is 1. The Balaban J connectivity index is 1.37. The Labute approximate surface area is 200 Å². The van der Waals surface area contributed by atoms with Gasteiger partial charge in [-0.15, -0.1) is 0 Å². The second-order valence-electron chi connectivity index (χ2n) is 8.24. The van der Waals surface area contributed by atoms with E-state index < -0.39 is 11.7 Å². The summed E-state index contributed by atoms with van der Waals surface area (Å²) in [4.78, 5) is 29.2. The number of benzene rings is 2. The first-order valence-electron chi connectivity index (χ1n) is 10.8. The van der Waals surface area contributed by atoms with Gasteiger partial charge in [-0.1, -0.05) is 41.9 Å². The van der Waals surface area contributed by atoms with Crippen LogP contribution in [-0.4, -0.2) is 46.5 Å². The molecule has 1 aliphatic heterocycles. The third-order valence-electron chi connectivity index (χ3n) is 5.88. The van der Waals surface area contributed by atoms with Gasteiger partial charge >= 0.3 is 6.18 Å². The summed E-state index contributed by atoms with van der Waals surface area (Å²) in [5, 5.41) is 0.551. The van der Waals surface area contributed by atoms with Crippen molar-refractivity contribution in [3.8, 4) is 0 Å². The third kappa shape index (κ3) is 5.69. The van der Waals surface area contributed by atoms with Crippen LogP contribution in [0.4, 0.5) is 13.2 Å². The van der Waals surface area contributed by atoms with E-state index in [4.69, 9.17) is 11.6 Å². The summed E-state index contributed by atoms with van der Waals surface area (Å²) in [6.07, 6.45) is -2.79. The molecule has 0 spiro atoms. The lowest BCUT2D eigenvalue weighted by atomic mass is 10.1. The quantitative estimate of drug-likeness (QED) is 0.529. The number of amides is 1. The fourth-order valence-corrected chi connectivity index (χ4v) is 4.14. The standard InChI is InChI=1S/C25H23ClF3N3O2/c26-22-4-2-1-3-19(22)16-32-17-20(7-10-23(32)33)24(34)31-13-11-30(12-14-31)15-18-5-8-21(9-6-18)25(27,28)29/h1-10,17H,11-16H2. The van der Waals surface area contributed by atoms with E-state index in [9.17, 15) is 22.8 Å². The van der Waals surface area contributed by atoms with Gasteiger partial charge in [-0.2, -0.15) is 13.2 Å². The Morgan fingerprint density at radius 3 is 2.21 bits per heavy atom. The van der Waals surface area contributed by atoms with Gasteiger partial charge in [0.05, 0.1) is 17.7 Å². The highest BCUT2D eigenvalue weighted by molar-refractivity contribution is 6.31. The number of hydrogen-bond acceptors (Lipinski definition) is 3. The minimum atomic E-state index is -4.35. The van der Waals surface area contributed by atoms with E-state index in [1.807, 2.05) is 18.2 Å². The van der Waals surface area contributed by atoms with Crippen molar-refractivity contribution >= 4 is 17.5 Å². The maximum atomic E-state index is 13.0. The average Bonchev–Trinajstić information content (AvgIpc) is 2.82. The van der Waals surface area contributed by atoms with Crippen molar-refractivity contribution in [2.45, 2.75) is 19.3 Å². The van der Waals surface area contributed by atoms with E-state index in [0.717, 1.165) is 23.3 Å². The molecule has 0 bridgehead atoms. The van der Waals surface area contributed by atoms with Crippen LogP contribution < -0.4 is 5.56 Å². The van der Waals surface area contributed by atoms with Crippen LogP contribution in [0.2, 0.25) is 5.02 Å². The second kappa shape index (κ2) is 10.0. The van der Waals surface area contributed by atoms with Crippen molar-refractivity contribution in [1.29, 1.82) is 0 Å². The van der Waals surface area contributed by atoms with Gasteiger partial charge in [0.1, 0.15) is 0 Å². The van der Waals surface area contributed by atoms with Crippen molar-refractivity contribution in [2.75, 3.05) is 26.2 Å². The second-order valence-corrected chi connectivity index (χ2v) is 8.65.